The summed E-state index contributed by atoms with van der Waals surface area (Å²) < 4.78 is 5.08. The maximum Gasteiger partial charge on any atom is 0.307 e. The molecular formula is C12H16O3. The molecule has 0 spiro atoms. The molecule has 0 aromatic heterocycles. The zero-order chi connectivity index (χ0) is 11.3. The highest BCUT2D eigenvalue weighted by molar-refractivity contribution is 5.70. The fourth-order valence-corrected chi connectivity index (χ4v) is 1.59. The van der Waals surface area contributed by atoms with Crippen LogP contribution in [0.25, 0.3) is 0 Å². The fraction of sp³-hybridized carbons (Fsp3) is 0.417. The second-order valence-corrected chi connectivity index (χ2v) is 3.46. The van der Waals surface area contributed by atoms with E-state index in [0.29, 0.717) is 6.61 Å². The smallest absolute Gasteiger partial charge is 0.307 e. The summed E-state index contributed by atoms with van der Waals surface area (Å²) in [6.45, 7) is 2.63. The fourth-order valence-electron chi connectivity index (χ4n) is 1.59. The van der Waals surface area contributed by atoms with E-state index in [0.717, 1.165) is 23.1 Å². The van der Waals surface area contributed by atoms with Crippen LogP contribution in [0.15, 0.2) is 18.2 Å². The Morgan fingerprint density at radius 1 is 1.40 bits per heavy atom. The summed E-state index contributed by atoms with van der Waals surface area (Å²) >= 11 is 0. The van der Waals surface area contributed by atoms with E-state index >= 15 is 0 Å². The summed E-state index contributed by atoms with van der Waals surface area (Å²) in [7, 11) is 1.66. The van der Waals surface area contributed by atoms with Crippen LogP contribution in [0.5, 0.6) is 0 Å². The molecule has 0 amide bonds. The van der Waals surface area contributed by atoms with Crippen LogP contribution in [-0.4, -0.2) is 18.2 Å². The molecule has 0 saturated carbocycles. The van der Waals surface area contributed by atoms with Crippen molar-refractivity contribution in [1.29, 1.82) is 0 Å². The Morgan fingerprint density at radius 2 is 2.13 bits per heavy atom. The lowest BCUT2D eigenvalue weighted by molar-refractivity contribution is -0.136. The molecule has 0 heterocycles. The number of aliphatic carboxylic acids is 1. The summed E-state index contributed by atoms with van der Waals surface area (Å²) in [6.07, 6.45) is 0.979. The highest BCUT2D eigenvalue weighted by atomic mass is 16.5. The molecule has 0 bridgehead atoms. The molecule has 0 aliphatic rings. The van der Waals surface area contributed by atoms with Crippen LogP contribution < -0.4 is 0 Å². The first-order valence-corrected chi connectivity index (χ1v) is 4.98. The molecule has 3 heteroatoms. The lowest BCUT2D eigenvalue weighted by atomic mass is 10.0. The third-order valence-corrected chi connectivity index (χ3v) is 2.31. The van der Waals surface area contributed by atoms with Gasteiger partial charge in [0.15, 0.2) is 0 Å². The van der Waals surface area contributed by atoms with Gasteiger partial charge in [0, 0.05) is 7.11 Å². The van der Waals surface area contributed by atoms with E-state index in [2.05, 4.69) is 6.92 Å². The van der Waals surface area contributed by atoms with E-state index in [1.54, 1.807) is 7.11 Å². The molecule has 3 nitrogen and oxygen atoms in total. The average molecular weight is 208 g/mol. The van der Waals surface area contributed by atoms with E-state index in [1.165, 1.54) is 0 Å². The topological polar surface area (TPSA) is 46.5 Å². The SMILES string of the molecule is CCc1cc(CC(=O)O)ccc1COC. The molecule has 0 aliphatic heterocycles. The van der Waals surface area contributed by atoms with E-state index in [1.807, 2.05) is 18.2 Å². The van der Waals surface area contributed by atoms with Crippen molar-refractivity contribution in [3.63, 3.8) is 0 Å². The van der Waals surface area contributed by atoms with Gasteiger partial charge in [-0.15, -0.1) is 0 Å². The van der Waals surface area contributed by atoms with E-state index in [9.17, 15) is 4.79 Å². The predicted octanol–water partition coefficient (Wildman–Crippen LogP) is 2.02. The van der Waals surface area contributed by atoms with Crippen molar-refractivity contribution in [1.82, 2.24) is 0 Å². The zero-order valence-electron chi connectivity index (χ0n) is 9.12. The van der Waals surface area contributed by atoms with Gasteiger partial charge in [0.1, 0.15) is 0 Å². The number of carbonyl (C=O) groups is 1. The van der Waals surface area contributed by atoms with Crippen molar-refractivity contribution in [2.45, 2.75) is 26.4 Å². The maximum absolute atomic E-state index is 10.6. The minimum absolute atomic E-state index is 0.0836. The number of carboxylic acid groups (broad SMARTS) is 1. The van der Waals surface area contributed by atoms with Gasteiger partial charge < -0.3 is 9.84 Å². The van der Waals surface area contributed by atoms with Gasteiger partial charge in [-0.2, -0.15) is 0 Å². The molecule has 82 valence electrons. The Balaban J connectivity index is 2.91. The Hall–Kier alpha value is -1.35. The van der Waals surface area contributed by atoms with Crippen LogP contribution in [0.1, 0.15) is 23.6 Å². The Labute approximate surface area is 89.7 Å². The first-order valence-electron chi connectivity index (χ1n) is 4.98. The van der Waals surface area contributed by atoms with Gasteiger partial charge in [-0.1, -0.05) is 25.1 Å². The Morgan fingerprint density at radius 3 is 2.67 bits per heavy atom. The normalized spacial score (nSPS) is 10.3. The molecule has 0 aliphatic carbocycles. The van der Waals surface area contributed by atoms with Crippen molar-refractivity contribution in [2.24, 2.45) is 0 Å². The van der Waals surface area contributed by atoms with Gasteiger partial charge in [-0.05, 0) is 23.1 Å². The lowest BCUT2D eigenvalue weighted by Gasteiger charge is -2.08. The third-order valence-electron chi connectivity index (χ3n) is 2.31. The molecule has 1 aromatic rings. The number of carboxylic acids is 1. The van der Waals surface area contributed by atoms with Gasteiger partial charge in [0.05, 0.1) is 13.0 Å². The lowest BCUT2D eigenvalue weighted by Crippen LogP contribution is -2.02. The van der Waals surface area contributed by atoms with Gasteiger partial charge in [0.2, 0.25) is 0 Å². The van der Waals surface area contributed by atoms with Crippen molar-refractivity contribution >= 4 is 5.97 Å². The summed E-state index contributed by atoms with van der Waals surface area (Å²) in [5.74, 6) is -0.795. The number of hydrogen-bond donors (Lipinski definition) is 1. The quantitative estimate of drug-likeness (QED) is 0.805. The van der Waals surface area contributed by atoms with Crippen LogP contribution in [0.3, 0.4) is 0 Å². The van der Waals surface area contributed by atoms with Gasteiger partial charge in [-0.25, -0.2) is 0 Å². The third kappa shape index (κ3) is 3.36. The monoisotopic (exact) mass is 208 g/mol. The largest absolute Gasteiger partial charge is 0.481 e. The molecule has 0 unspecified atom stereocenters. The number of methoxy groups -OCH3 is 1. The number of rotatable bonds is 5. The van der Waals surface area contributed by atoms with Crippen molar-refractivity contribution < 1.29 is 14.6 Å². The van der Waals surface area contributed by atoms with Crippen molar-refractivity contribution in [3.05, 3.63) is 34.9 Å². The molecule has 15 heavy (non-hydrogen) atoms. The van der Waals surface area contributed by atoms with Crippen LogP contribution in [0, 0.1) is 0 Å². The molecule has 1 rings (SSSR count). The van der Waals surface area contributed by atoms with E-state index in [-0.39, 0.29) is 6.42 Å². The summed E-state index contributed by atoms with van der Waals surface area (Å²) in [5.41, 5.74) is 3.14. The number of hydrogen-bond acceptors (Lipinski definition) is 2. The molecule has 0 saturated heterocycles. The van der Waals surface area contributed by atoms with Crippen LogP contribution >= 0.6 is 0 Å². The Kier molecular flexibility index (Phi) is 4.31. The van der Waals surface area contributed by atoms with Crippen molar-refractivity contribution in [3.8, 4) is 0 Å². The first kappa shape index (κ1) is 11.7. The van der Waals surface area contributed by atoms with Crippen LogP contribution in [-0.2, 0) is 29.0 Å². The summed E-state index contributed by atoms with van der Waals surface area (Å²) in [5, 5.41) is 8.68. The Bertz CT molecular complexity index is 345. The molecule has 0 atom stereocenters. The highest BCUT2D eigenvalue weighted by Gasteiger charge is 2.05. The second-order valence-electron chi connectivity index (χ2n) is 3.46. The second kappa shape index (κ2) is 5.51. The maximum atomic E-state index is 10.6. The minimum atomic E-state index is -0.795. The number of ether oxygens (including phenoxy) is 1. The van der Waals surface area contributed by atoms with Crippen LogP contribution in [0.2, 0.25) is 0 Å². The average Bonchev–Trinajstić information content (AvgIpc) is 2.20. The zero-order valence-corrected chi connectivity index (χ0v) is 9.12. The number of benzene rings is 1. The number of aryl methyl sites for hydroxylation is 1. The molecule has 0 fully saturated rings. The van der Waals surface area contributed by atoms with E-state index < -0.39 is 5.97 Å². The molecular weight excluding hydrogens is 192 g/mol. The first-order chi connectivity index (χ1) is 7.17. The van der Waals surface area contributed by atoms with Gasteiger partial charge >= 0.3 is 5.97 Å². The van der Waals surface area contributed by atoms with Crippen LogP contribution in [0.4, 0.5) is 0 Å². The standard InChI is InChI=1S/C12H16O3/c1-3-10-6-9(7-12(13)14)4-5-11(10)8-15-2/h4-6H,3,7-8H2,1-2H3,(H,13,14). The predicted molar refractivity (Wildman–Crippen MR) is 57.9 cm³/mol. The molecule has 0 radical (unpaired) electrons. The molecule has 1 aromatic carbocycles. The highest BCUT2D eigenvalue weighted by Crippen LogP contribution is 2.14. The summed E-state index contributed by atoms with van der Waals surface area (Å²) in [6, 6.07) is 5.74. The van der Waals surface area contributed by atoms with Gasteiger partial charge in [0.25, 0.3) is 0 Å². The minimum Gasteiger partial charge on any atom is -0.481 e. The molecule has 1 N–H and O–H groups in total. The van der Waals surface area contributed by atoms with Crippen molar-refractivity contribution in [2.75, 3.05) is 7.11 Å². The van der Waals surface area contributed by atoms with Gasteiger partial charge in [-0.3, -0.25) is 4.79 Å². The summed E-state index contributed by atoms with van der Waals surface area (Å²) in [4.78, 5) is 10.6. The van der Waals surface area contributed by atoms with E-state index in [4.69, 9.17) is 9.84 Å².